The third kappa shape index (κ3) is 57.7. The average Bonchev–Trinajstić information content (AvgIpc) is 2.14. The molecule has 0 saturated carbocycles. The van der Waals surface area contributed by atoms with Crippen molar-refractivity contribution in [1.29, 1.82) is 0 Å². The first-order valence-electron chi connectivity index (χ1n) is 5.23. The molecule has 8 heteroatoms. The molecule has 0 amide bonds. The first-order chi connectivity index (χ1) is 7.62. The van der Waals surface area contributed by atoms with Crippen molar-refractivity contribution < 1.29 is 34.0 Å². The van der Waals surface area contributed by atoms with Crippen LogP contribution in [0.5, 0.6) is 0 Å². The molecule has 4 nitrogen and oxygen atoms in total. The molecule has 0 radical (unpaired) electrons. The standard InChI is InChI=1S/C8H15F3S.C2H6O.CH2O.2H2O/c1-7(2,3)12-6-4-5-8(9,10)11;1-2-3;1-2;;/h4-6H2,1-3H3;3H,2H2,1H3;1H2;2*1H2. The monoisotopic (exact) mass is 312 g/mol. The van der Waals surface area contributed by atoms with E-state index in [0.717, 1.165) is 0 Å². The Bertz CT molecular complexity index is 145. The number of aliphatic hydroxyl groups is 1. The van der Waals surface area contributed by atoms with Crippen molar-refractivity contribution in [3.05, 3.63) is 0 Å². The molecule has 0 fully saturated rings. The number of alkyl halides is 3. The van der Waals surface area contributed by atoms with Gasteiger partial charge in [-0.1, -0.05) is 20.8 Å². The van der Waals surface area contributed by atoms with E-state index in [1.165, 1.54) is 0 Å². The van der Waals surface area contributed by atoms with Crippen LogP contribution in [0.3, 0.4) is 0 Å². The fraction of sp³-hybridized carbons (Fsp3) is 0.909. The lowest BCUT2D eigenvalue weighted by atomic mass is 10.3. The molecule has 5 N–H and O–H groups in total. The van der Waals surface area contributed by atoms with Gasteiger partial charge in [-0.15, -0.1) is 0 Å². The second kappa shape index (κ2) is 17.7. The minimum atomic E-state index is -3.99. The fourth-order valence-corrected chi connectivity index (χ4v) is 1.55. The van der Waals surface area contributed by atoms with Crippen LogP contribution >= 0.6 is 11.8 Å². The van der Waals surface area contributed by atoms with E-state index in [9.17, 15) is 13.2 Å². The van der Waals surface area contributed by atoms with E-state index in [1.807, 2.05) is 27.6 Å². The van der Waals surface area contributed by atoms with Crippen LogP contribution in [0.4, 0.5) is 13.2 Å². The average molecular weight is 312 g/mol. The van der Waals surface area contributed by atoms with Crippen molar-refractivity contribution in [3.8, 4) is 0 Å². The van der Waals surface area contributed by atoms with Gasteiger partial charge >= 0.3 is 6.18 Å². The fourth-order valence-electron chi connectivity index (χ4n) is 0.651. The third-order valence-corrected chi connectivity index (χ3v) is 2.50. The van der Waals surface area contributed by atoms with Crippen LogP contribution < -0.4 is 0 Å². The number of hydrogen-bond donors (Lipinski definition) is 1. The molecule has 0 aliphatic rings. The molecule has 0 spiro atoms. The molecule has 0 atom stereocenters. The van der Waals surface area contributed by atoms with Gasteiger partial charge in [0, 0.05) is 17.8 Å². The first-order valence-corrected chi connectivity index (χ1v) is 6.21. The Labute approximate surface area is 117 Å². The zero-order valence-electron chi connectivity index (χ0n) is 11.9. The van der Waals surface area contributed by atoms with E-state index in [2.05, 4.69) is 0 Å². The summed E-state index contributed by atoms with van der Waals surface area (Å²) < 4.78 is 35.1. The van der Waals surface area contributed by atoms with E-state index < -0.39 is 12.6 Å². The maximum atomic E-state index is 11.7. The zero-order chi connectivity index (χ0) is 14.5. The quantitative estimate of drug-likeness (QED) is 0.807. The maximum absolute atomic E-state index is 11.7. The number of hydrogen-bond acceptors (Lipinski definition) is 3. The van der Waals surface area contributed by atoms with Gasteiger partial charge in [-0.3, -0.25) is 0 Å². The number of carbonyl (C=O) groups is 1. The second-order valence-electron chi connectivity index (χ2n) is 4.00. The molecule has 0 rings (SSSR count). The molecule has 0 bridgehead atoms. The lowest BCUT2D eigenvalue weighted by Gasteiger charge is -2.17. The minimum Gasteiger partial charge on any atom is -0.412 e. The van der Waals surface area contributed by atoms with Gasteiger partial charge in [-0.2, -0.15) is 24.9 Å². The number of rotatable bonds is 3. The summed E-state index contributed by atoms with van der Waals surface area (Å²) in [6, 6.07) is 0. The number of halogens is 3. The number of aliphatic hydroxyl groups excluding tert-OH is 1. The predicted molar refractivity (Wildman–Crippen MR) is 74.6 cm³/mol. The van der Waals surface area contributed by atoms with Crippen molar-refractivity contribution in [2.24, 2.45) is 0 Å². The number of thioether (sulfide) groups is 1. The topological polar surface area (TPSA) is 100 Å². The Morgan fingerprint density at radius 2 is 1.42 bits per heavy atom. The second-order valence-corrected chi connectivity index (χ2v) is 5.92. The molecular weight excluding hydrogens is 285 g/mol. The van der Waals surface area contributed by atoms with Gasteiger partial charge in [-0.25, -0.2) is 0 Å². The van der Waals surface area contributed by atoms with Crippen molar-refractivity contribution in [2.45, 2.75) is 51.5 Å². The van der Waals surface area contributed by atoms with E-state index in [-0.39, 0.29) is 28.7 Å². The molecule has 0 unspecified atom stereocenters. The summed E-state index contributed by atoms with van der Waals surface area (Å²) in [5.74, 6) is 0.586. The highest BCUT2D eigenvalue weighted by Gasteiger charge is 2.26. The molecule has 0 aromatic rings. The Morgan fingerprint density at radius 3 is 1.63 bits per heavy atom. The molecular formula is C11H27F3O4S. The van der Waals surface area contributed by atoms with Crippen LogP contribution in [0, 0.1) is 0 Å². The minimum absolute atomic E-state index is 0. The summed E-state index contributed by atoms with van der Waals surface area (Å²) in [4.78, 5) is 8.00. The van der Waals surface area contributed by atoms with Crippen LogP contribution in [0.2, 0.25) is 0 Å². The summed E-state index contributed by atoms with van der Waals surface area (Å²) >= 11 is 1.57. The summed E-state index contributed by atoms with van der Waals surface area (Å²) in [5, 5.41) is 7.57. The first kappa shape index (κ1) is 31.2. The van der Waals surface area contributed by atoms with Crippen LogP contribution in [0.1, 0.15) is 40.5 Å². The van der Waals surface area contributed by atoms with Gasteiger partial charge in [0.2, 0.25) is 0 Å². The highest BCUT2D eigenvalue weighted by Crippen LogP contribution is 2.27. The predicted octanol–water partition coefficient (Wildman–Crippen LogP) is 2.02. The Balaban J connectivity index is -0.0000000819. The molecule has 0 heterocycles. The maximum Gasteiger partial charge on any atom is 0.389 e. The molecule has 0 aliphatic carbocycles. The third-order valence-electron chi connectivity index (χ3n) is 1.14. The normalized spacial score (nSPS) is 9.68. The summed E-state index contributed by atoms with van der Waals surface area (Å²) in [5.41, 5.74) is 0. The van der Waals surface area contributed by atoms with Crippen LogP contribution in [0.15, 0.2) is 0 Å². The van der Waals surface area contributed by atoms with Gasteiger partial charge in [-0.05, 0) is 19.1 Å². The van der Waals surface area contributed by atoms with E-state index in [1.54, 1.807) is 18.7 Å². The van der Waals surface area contributed by atoms with Crippen molar-refractivity contribution in [3.63, 3.8) is 0 Å². The van der Waals surface area contributed by atoms with Gasteiger partial charge in [0.05, 0.1) is 0 Å². The highest BCUT2D eigenvalue weighted by atomic mass is 32.2. The Morgan fingerprint density at radius 1 is 1.11 bits per heavy atom. The Kier molecular flexibility index (Phi) is 29.1. The van der Waals surface area contributed by atoms with Crippen molar-refractivity contribution >= 4 is 18.6 Å². The lowest BCUT2D eigenvalue weighted by Crippen LogP contribution is -2.11. The SMILES string of the molecule is C=O.CC(C)(C)SCCCC(F)(F)F.CCO.O.O. The smallest absolute Gasteiger partial charge is 0.389 e. The molecule has 122 valence electrons. The molecule has 0 saturated heterocycles. The summed E-state index contributed by atoms with van der Waals surface area (Å²) in [7, 11) is 0. The van der Waals surface area contributed by atoms with Crippen LogP contribution in [0.25, 0.3) is 0 Å². The molecule has 19 heavy (non-hydrogen) atoms. The highest BCUT2D eigenvalue weighted by molar-refractivity contribution is 8.00. The van der Waals surface area contributed by atoms with Crippen LogP contribution in [-0.4, -0.2) is 46.1 Å². The van der Waals surface area contributed by atoms with E-state index in [4.69, 9.17) is 9.90 Å². The van der Waals surface area contributed by atoms with Gasteiger partial charge in [0.1, 0.15) is 6.79 Å². The zero-order valence-corrected chi connectivity index (χ0v) is 12.7. The van der Waals surface area contributed by atoms with Gasteiger partial charge in [0.25, 0.3) is 0 Å². The molecule has 0 aliphatic heterocycles. The Hall–Kier alpha value is -0.310. The summed E-state index contributed by atoms with van der Waals surface area (Å²) in [6.07, 6.45) is -4.42. The van der Waals surface area contributed by atoms with Crippen molar-refractivity contribution in [1.82, 2.24) is 0 Å². The van der Waals surface area contributed by atoms with Crippen molar-refractivity contribution in [2.75, 3.05) is 12.4 Å². The van der Waals surface area contributed by atoms with Gasteiger partial charge < -0.3 is 20.9 Å². The van der Waals surface area contributed by atoms with E-state index >= 15 is 0 Å². The van der Waals surface area contributed by atoms with E-state index in [0.29, 0.717) is 5.75 Å². The van der Waals surface area contributed by atoms with Crippen LogP contribution in [-0.2, 0) is 4.79 Å². The molecule has 0 aromatic heterocycles. The summed E-state index contributed by atoms with van der Waals surface area (Å²) in [6.45, 7) is 9.95. The van der Waals surface area contributed by atoms with Gasteiger partial charge in [0.15, 0.2) is 0 Å². The molecule has 0 aromatic carbocycles. The number of carbonyl (C=O) groups excluding carboxylic acids is 1. The largest absolute Gasteiger partial charge is 0.412 e. The lowest BCUT2D eigenvalue weighted by molar-refractivity contribution is -0.134.